The summed E-state index contributed by atoms with van der Waals surface area (Å²) in [4.78, 5) is 4.57. The topological polar surface area (TPSA) is 82.8 Å². The molecule has 3 rings (SSSR count). The largest absolute Gasteiger partial charge is 0.259 e. The number of pyridine rings is 1. The van der Waals surface area contributed by atoms with E-state index in [2.05, 4.69) is 22.7 Å². The zero-order valence-corrected chi connectivity index (χ0v) is 22.2. The molecular weight excluding hydrogens is 466 g/mol. The standard InChI is InChI=1S/C27H34ClN3O2S/c1-6-19(20-8-7-9-20)14-25(26(16-29)24-15-22(28)17-30-18(24)2)21-10-12-23(13-11-21)34(32,33)31-27(3,4)5/h10-13,15,17,19-20,31H,6-9,14H2,1-5H3. The van der Waals surface area contributed by atoms with Crippen LogP contribution < -0.4 is 4.72 Å². The Morgan fingerprint density at radius 2 is 1.91 bits per heavy atom. The Bertz CT molecular complexity index is 1200. The average Bonchev–Trinajstić information content (AvgIpc) is 2.72. The van der Waals surface area contributed by atoms with Gasteiger partial charge in [0.1, 0.15) is 6.07 Å². The highest BCUT2D eigenvalue weighted by atomic mass is 35.5. The minimum Gasteiger partial charge on any atom is -0.259 e. The summed E-state index contributed by atoms with van der Waals surface area (Å²) in [5.41, 5.74) is 3.20. The molecule has 1 fully saturated rings. The average molecular weight is 500 g/mol. The van der Waals surface area contributed by atoms with Crippen LogP contribution in [0.4, 0.5) is 0 Å². The molecule has 0 radical (unpaired) electrons. The molecule has 0 saturated heterocycles. The van der Waals surface area contributed by atoms with Crippen LogP contribution in [-0.2, 0) is 10.0 Å². The third kappa shape index (κ3) is 6.27. The zero-order chi connectivity index (χ0) is 25.1. The molecule has 1 saturated carbocycles. The number of hydrogen-bond donors (Lipinski definition) is 1. The van der Waals surface area contributed by atoms with Crippen LogP contribution in [0.25, 0.3) is 11.1 Å². The van der Waals surface area contributed by atoms with Crippen LogP contribution >= 0.6 is 11.6 Å². The van der Waals surface area contributed by atoms with Crippen molar-refractivity contribution in [2.45, 2.75) is 77.2 Å². The summed E-state index contributed by atoms with van der Waals surface area (Å²) in [7, 11) is -3.65. The summed E-state index contributed by atoms with van der Waals surface area (Å²) in [6.07, 6.45) is 7.07. The Balaban J connectivity index is 2.11. The molecule has 2 aromatic rings. The van der Waals surface area contributed by atoms with Crippen LogP contribution in [-0.4, -0.2) is 18.9 Å². The molecule has 1 N–H and O–H groups in total. The number of rotatable bonds is 8. The van der Waals surface area contributed by atoms with E-state index in [1.165, 1.54) is 19.3 Å². The molecule has 1 aromatic carbocycles. The number of aromatic nitrogens is 1. The predicted octanol–water partition coefficient (Wildman–Crippen LogP) is 6.77. The van der Waals surface area contributed by atoms with Gasteiger partial charge in [0.15, 0.2) is 0 Å². The van der Waals surface area contributed by atoms with Crippen molar-refractivity contribution >= 4 is 32.8 Å². The number of sulfonamides is 1. The second-order valence-corrected chi connectivity index (χ2v) is 12.3. The molecule has 1 heterocycles. The second kappa shape index (κ2) is 10.6. The molecule has 34 heavy (non-hydrogen) atoms. The molecule has 7 heteroatoms. The van der Waals surface area contributed by atoms with Gasteiger partial charge in [-0.2, -0.15) is 5.26 Å². The fourth-order valence-electron chi connectivity index (χ4n) is 4.53. The lowest BCUT2D eigenvalue weighted by Gasteiger charge is -2.34. The van der Waals surface area contributed by atoms with Gasteiger partial charge < -0.3 is 0 Å². The summed E-state index contributed by atoms with van der Waals surface area (Å²) in [5, 5.41) is 10.7. The van der Waals surface area contributed by atoms with Gasteiger partial charge in [-0.05, 0) is 75.3 Å². The Morgan fingerprint density at radius 3 is 2.41 bits per heavy atom. The third-order valence-electron chi connectivity index (χ3n) is 6.50. The number of allylic oxidation sites excluding steroid dienone is 2. The number of aryl methyl sites for hydroxylation is 1. The Labute approximate surface area is 209 Å². The van der Waals surface area contributed by atoms with Gasteiger partial charge in [-0.15, -0.1) is 0 Å². The normalized spacial score (nSPS) is 16.4. The minimum atomic E-state index is -3.65. The fourth-order valence-corrected chi connectivity index (χ4v) is 6.11. The van der Waals surface area contributed by atoms with Crippen LogP contribution in [0.2, 0.25) is 5.02 Å². The molecule has 1 aliphatic rings. The third-order valence-corrected chi connectivity index (χ3v) is 8.48. The molecule has 1 aromatic heterocycles. The number of halogens is 1. The van der Waals surface area contributed by atoms with E-state index in [1.807, 2.05) is 39.8 Å². The molecule has 1 unspecified atom stereocenters. The number of nitrogens with one attached hydrogen (secondary N) is 1. The van der Waals surface area contributed by atoms with Crippen molar-refractivity contribution in [2.75, 3.05) is 0 Å². The van der Waals surface area contributed by atoms with E-state index >= 15 is 0 Å². The molecule has 1 atom stereocenters. The maximum absolute atomic E-state index is 12.8. The van der Waals surface area contributed by atoms with Crippen molar-refractivity contribution in [1.29, 1.82) is 5.26 Å². The molecule has 0 bridgehead atoms. The van der Waals surface area contributed by atoms with Crippen molar-refractivity contribution in [3.63, 3.8) is 0 Å². The van der Waals surface area contributed by atoms with Gasteiger partial charge in [-0.3, -0.25) is 4.98 Å². The Hall–Kier alpha value is -2.20. The smallest absolute Gasteiger partial charge is 0.241 e. The van der Waals surface area contributed by atoms with Gasteiger partial charge in [0.2, 0.25) is 10.0 Å². The lowest BCUT2D eigenvalue weighted by Crippen LogP contribution is -2.40. The van der Waals surface area contributed by atoms with Gasteiger partial charge in [0.25, 0.3) is 0 Å². The lowest BCUT2D eigenvalue weighted by molar-refractivity contribution is 0.204. The summed E-state index contributed by atoms with van der Waals surface area (Å²) in [6.45, 7) is 9.51. The van der Waals surface area contributed by atoms with E-state index in [4.69, 9.17) is 11.6 Å². The number of hydrogen-bond acceptors (Lipinski definition) is 4. The first-order valence-corrected chi connectivity index (χ1v) is 13.7. The number of nitriles is 1. The predicted molar refractivity (Wildman–Crippen MR) is 139 cm³/mol. The van der Waals surface area contributed by atoms with Crippen molar-refractivity contribution in [2.24, 2.45) is 11.8 Å². The maximum atomic E-state index is 12.8. The van der Waals surface area contributed by atoms with Crippen LogP contribution in [0.5, 0.6) is 0 Å². The van der Waals surface area contributed by atoms with E-state index in [9.17, 15) is 13.7 Å². The molecule has 0 spiro atoms. The fraction of sp³-hybridized carbons (Fsp3) is 0.481. The van der Waals surface area contributed by atoms with E-state index in [-0.39, 0.29) is 4.90 Å². The molecule has 0 amide bonds. The monoisotopic (exact) mass is 499 g/mol. The van der Waals surface area contributed by atoms with Crippen LogP contribution in [0.1, 0.15) is 76.6 Å². The highest BCUT2D eigenvalue weighted by Crippen LogP contribution is 2.42. The van der Waals surface area contributed by atoms with Crippen molar-refractivity contribution in [1.82, 2.24) is 9.71 Å². The number of nitrogens with zero attached hydrogens (tertiary/aromatic N) is 2. The molecule has 5 nitrogen and oxygen atoms in total. The molecule has 182 valence electrons. The van der Waals surface area contributed by atoms with E-state index in [0.29, 0.717) is 22.4 Å². The minimum absolute atomic E-state index is 0.204. The highest BCUT2D eigenvalue weighted by molar-refractivity contribution is 7.89. The van der Waals surface area contributed by atoms with Crippen LogP contribution in [0.15, 0.2) is 41.4 Å². The SMILES string of the molecule is CCC(CC(=C(C#N)c1cc(Cl)cnc1C)c1ccc(S(=O)(=O)NC(C)(C)C)cc1)C1CCC1. The Morgan fingerprint density at radius 1 is 1.26 bits per heavy atom. The summed E-state index contributed by atoms with van der Waals surface area (Å²) in [6, 6.07) is 11.1. The quantitative estimate of drug-likeness (QED) is 0.406. The molecule has 0 aliphatic heterocycles. The number of benzene rings is 1. The van der Waals surface area contributed by atoms with Crippen molar-refractivity contribution in [3.8, 4) is 6.07 Å². The second-order valence-electron chi connectivity index (χ2n) is 10.2. The highest BCUT2D eigenvalue weighted by Gasteiger charge is 2.29. The zero-order valence-electron chi connectivity index (χ0n) is 20.7. The van der Waals surface area contributed by atoms with E-state index in [1.54, 1.807) is 24.4 Å². The van der Waals surface area contributed by atoms with Crippen molar-refractivity contribution < 1.29 is 8.42 Å². The van der Waals surface area contributed by atoms with Crippen molar-refractivity contribution in [3.05, 3.63) is 58.4 Å². The maximum Gasteiger partial charge on any atom is 0.241 e. The van der Waals surface area contributed by atoms with E-state index in [0.717, 1.165) is 35.2 Å². The first-order valence-electron chi connectivity index (χ1n) is 11.9. The summed E-state index contributed by atoms with van der Waals surface area (Å²) < 4.78 is 28.3. The first-order chi connectivity index (χ1) is 15.9. The van der Waals surface area contributed by atoms with Crippen LogP contribution in [0.3, 0.4) is 0 Å². The van der Waals surface area contributed by atoms with Gasteiger partial charge in [-0.1, -0.05) is 56.3 Å². The Kier molecular flexibility index (Phi) is 8.23. The van der Waals surface area contributed by atoms with Gasteiger partial charge in [0, 0.05) is 23.0 Å². The van der Waals surface area contributed by atoms with Gasteiger partial charge in [-0.25, -0.2) is 13.1 Å². The van der Waals surface area contributed by atoms with Gasteiger partial charge >= 0.3 is 0 Å². The first kappa shape index (κ1) is 26.4. The van der Waals surface area contributed by atoms with Crippen LogP contribution in [0, 0.1) is 30.1 Å². The molecule has 1 aliphatic carbocycles. The lowest BCUT2D eigenvalue weighted by atomic mass is 9.71. The van der Waals surface area contributed by atoms with E-state index < -0.39 is 15.6 Å². The van der Waals surface area contributed by atoms with Gasteiger partial charge in [0.05, 0.1) is 15.5 Å². The summed E-state index contributed by atoms with van der Waals surface area (Å²) >= 11 is 6.24. The molecular formula is C27H34ClN3O2S. The summed E-state index contributed by atoms with van der Waals surface area (Å²) in [5.74, 6) is 1.12.